The smallest absolute Gasteiger partial charge is 0.316 e. The van der Waals surface area contributed by atoms with Crippen molar-refractivity contribution in [1.29, 1.82) is 0 Å². The zero-order valence-electron chi connectivity index (χ0n) is 14.1. The summed E-state index contributed by atoms with van der Waals surface area (Å²) in [4.78, 5) is 27.0. The molecule has 1 fully saturated rings. The first-order valence-corrected chi connectivity index (χ1v) is 8.45. The van der Waals surface area contributed by atoms with Gasteiger partial charge >= 0.3 is 6.03 Å². The topological polar surface area (TPSA) is 79.9 Å². The van der Waals surface area contributed by atoms with Crippen LogP contribution in [-0.4, -0.2) is 43.0 Å². The highest BCUT2D eigenvalue weighted by Gasteiger charge is 2.24. The standard InChI is InChI=1S/C19H22N4O2/c20-19(25)21-17-8-4-7-16(13-17)18(24)23-11-9-22(10-12-23)14-15-5-2-1-3-6-15/h1-8,13H,9-12,14H2,(H3,20,21,25)/p+1. The number of benzene rings is 2. The molecule has 25 heavy (non-hydrogen) atoms. The molecule has 0 spiro atoms. The number of quaternary nitrogens is 1. The van der Waals surface area contributed by atoms with Crippen LogP contribution in [0.25, 0.3) is 0 Å². The van der Waals surface area contributed by atoms with E-state index in [2.05, 4.69) is 29.6 Å². The van der Waals surface area contributed by atoms with E-state index in [-0.39, 0.29) is 5.91 Å². The van der Waals surface area contributed by atoms with Crippen molar-refractivity contribution in [3.8, 4) is 0 Å². The lowest BCUT2D eigenvalue weighted by molar-refractivity contribution is -0.917. The van der Waals surface area contributed by atoms with Gasteiger partial charge in [-0.1, -0.05) is 36.4 Å². The van der Waals surface area contributed by atoms with Gasteiger partial charge in [0.1, 0.15) is 6.54 Å². The number of hydrogen-bond acceptors (Lipinski definition) is 2. The predicted molar refractivity (Wildman–Crippen MR) is 96.4 cm³/mol. The fourth-order valence-corrected chi connectivity index (χ4v) is 3.14. The molecule has 1 aliphatic heterocycles. The van der Waals surface area contributed by atoms with Crippen molar-refractivity contribution in [3.05, 3.63) is 65.7 Å². The number of carbonyl (C=O) groups is 2. The lowest BCUT2D eigenvalue weighted by Crippen LogP contribution is -3.13. The third-order valence-electron chi connectivity index (χ3n) is 4.43. The Balaban J connectivity index is 1.57. The number of rotatable bonds is 4. The average molecular weight is 339 g/mol. The van der Waals surface area contributed by atoms with Crippen LogP contribution in [0.4, 0.5) is 10.5 Å². The molecule has 4 N–H and O–H groups in total. The Morgan fingerprint density at radius 3 is 2.44 bits per heavy atom. The summed E-state index contributed by atoms with van der Waals surface area (Å²) in [5.41, 5.74) is 7.55. The van der Waals surface area contributed by atoms with E-state index in [1.165, 1.54) is 10.5 Å². The Morgan fingerprint density at radius 2 is 1.76 bits per heavy atom. The first-order valence-electron chi connectivity index (χ1n) is 8.45. The summed E-state index contributed by atoms with van der Waals surface area (Å²) in [5.74, 6) is -0.00752. The first kappa shape index (κ1) is 17.0. The Kier molecular flexibility index (Phi) is 5.30. The van der Waals surface area contributed by atoms with Gasteiger partial charge in [0.15, 0.2) is 0 Å². The normalized spacial score (nSPS) is 15.0. The Bertz CT molecular complexity index is 740. The molecule has 0 radical (unpaired) electrons. The van der Waals surface area contributed by atoms with Gasteiger partial charge in [-0.3, -0.25) is 4.79 Å². The molecule has 1 heterocycles. The molecule has 1 aliphatic rings. The quantitative estimate of drug-likeness (QED) is 0.767. The van der Waals surface area contributed by atoms with E-state index in [9.17, 15) is 9.59 Å². The minimum atomic E-state index is -0.636. The minimum absolute atomic E-state index is 0.00752. The van der Waals surface area contributed by atoms with Gasteiger partial charge in [0.05, 0.1) is 26.2 Å². The number of carbonyl (C=O) groups excluding carboxylic acids is 2. The van der Waals surface area contributed by atoms with Gasteiger partial charge in [0.2, 0.25) is 0 Å². The summed E-state index contributed by atoms with van der Waals surface area (Å²) < 4.78 is 0. The van der Waals surface area contributed by atoms with Crippen LogP contribution >= 0.6 is 0 Å². The summed E-state index contributed by atoms with van der Waals surface area (Å²) in [6.07, 6.45) is 0. The van der Waals surface area contributed by atoms with Crippen molar-refractivity contribution >= 4 is 17.6 Å². The van der Waals surface area contributed by atoms with E-state index in [1.807, 2.05) is 11.0 Å². The highest BCUT2D eigenvalue weighted by Crippen LogP contribution is 2.13. The fraction of sp³-hybridized carbons (Fsp3) is 0.263. The Morgan fingerprint density at radius 1 is 1.04 bits per heavy atom. The van der Waals surface area contributed by atoms with Crippen LogP contribution in [0.5, 0.6) is 0 Å². The highest BCUT2D eigenvalue weighted by molar-refractivity contribution is 5.96. The molecule has 0 saturated carbocycles. The second-order valence-electron chi connectivity index (χ2n) is 6.27. The van der Waals surface area contributed by atoms with Gasteiger partial charge < -0.3 is 20.9 Å². The van der Waals surface area contributed by atoms with Crippen LogP contribution in [0.3, 0.4) is 0 Å². The van der Waals surface area contributed by atoms with E-state index >= 15 is 0 Å². The van der Waals surface area contributed by atoms with E-state index in [0.29, 0.717) is 11.3 Å². The second kappa shape index (κ2) is 7.81. The number of piperazine rings is 1. The van der Waals surface area contributed by atoms with Crippen LogP contribution in [0.2, 0.25) is 0 Å². The molecule has 3 rings (SSSR count). The van der Waals surface area contributed by atoms with Crippen molar-refractivity contribution in [2.45, 2.75) is 6.54 Å². The third-order valence-corrected chi connectivity index (χ3v) is 4.43. The van der Waals surface area contributed by atoms with Crippen LogP contribution < -0.4 is 16.0 Å². The zero-order chi connectivity index (χ0) is 17.6. The number of hydrogen-bond donors (Lipinski definition) is 3. The van der Waals surface area contributed by atoms with Crippen LogP contribution in [-0.2, 0) is 6.54 Å². The van der Waals surface area contributed by atoms with Crippen molar-refractivity contribution in [1.82, 2.24) is 4.90 Å². The molecule has 0 atom stereocenters. The molecule has 0 bridgehead atoms. The minimum Gasteiger partial charge on any atom is -0.351 e. The summed E-state index contributed by atoms with van der Waals surface area (Å²) in [7, 11) is 0. The monoisotopic (exact) mass is 339 g/mol. The molecule has 6 heteroatoms. The van der Waals surface area contributed by atoms with Crippen LogP contribution in [0.1, 0.15) is 15.9 Å². The molecule has 1 saturated heterocycles. The number of nitrogens with one attached hydrogen (secondary N) is 2. The molecule has 6 nitrogen and oxygen atoms in total. The fourth-order valence-electron chi connectivity index (χ4n) is 3.14. The van der Waals surface area contributed by atoms with Crippen molar-refractivity contribution in [3.63, 3.8) is 0 Å². The molecule has 0 aliphatic carbocycles. The number of primary amides is 1. The maximum absolute atomic E-state index is 12.7. The Labute approximate surface area is 147 Å². The van der Waals surface area contributed by atoms with Gasteiger partial charge in [-0.2, -0.15) is 0 Å². The van der Waals surface area contributed by atoms with Crippen molar-refractivity contribution in [2.75, 3.05) is 31.5 Å². The maximum atomic E-state index is 12.7. The number of anilines is 1. The van der Waals surface area contributed by atoms with Crippen LogP contribution in [0.15, 0.2) is 54.6 Å². The molecular weight excluding hydrogens is 316 g/mol. The largest absolute Gasteiger partial charge is 0.351 e. The van der Waals surface area contributed by atoms with E-state index in [4.69, 9.17) is 5.73 Å². The first-order chi connectivity index (χ1) is 12.1. The molecule has 3 amide bonds. The van der Waals surface area contributed by atoms with Gasteiger partial charge in [-0.05, 0) is 18.2 Å². The van der Waals surface area contributed by atoms with E-state index < -0.39 is 6.03 Å². The second-order valence-corrected chi connectivity index (χ2v) is 6.27. The molecule has 2 aromatic carbocycles. The summed E-state index contributed by atoms with van der Waals surface area (Å²) in [5, 5.41) is 2.50. The van der Waals surface area contributed by atoms with Gasteiger partial charge in [0.25, 0.3) is 5.91 Å². The predicted octanol–water partition coefficient (Wildman–Crippen LogP) is 0.718. The summed E-state index contributed by atoms with van der Waals surface area (Å²) in [6.45, 7) is 4.31. The average Bonchev–Trinajstić information content (AvgIpc) is 2.62. The van der Waals surface area contributed by atoms with Gasteiger partial charge in [0, 0.05) is 16.8 Å². The van der Waals surface area contributed by atoms with E-state index in [1.54, 1.807) is 24.3 Å². The molecule has 2 aromatic rings. The lowest BCUT2D eigenvalue weighted by Gasteiger charge is -2.32. The van der Waals surface area contributed by atoms with E-state index in [0.717, 1.165) is 32.7 Å². The SMILES string of the molecule is NC(=O)Nc1cccc(C(=O)N2CC[NH+](Cc3ccccc3)CC2)c1. The molecule has 130 valence electrons. The van der Waals surface area contributed by atoms with Gasteiger partial charge in [-0.15, -0.1) is 0 Å². The molecular formula is C19H23N4O2+. The number of urea groups is 1. The number of nitrogens with two attached hydrogens (primary N) is 1. The number of amides is 3. The van der Waals surface area contributed by atoms with Crippen LogP contribution in [0, 0.1) is 0 Å². The maximum Gasteiger partial charge on any atom is 0.316 e. The lowest BCUT2D eigenvalue weighted by atomic mass is 10.1. The molecule has 0 unspecified atom stereocenters. The summed E-state index contributed by atoms with van der Waals surface area (Å²) >= 11 is 0. The zero-order valence-corrected chi connectivity index (χ0v) is 14.1. The molecule has 0 aromatic heterocycles. The Hall–Kier alpha value is -2.86. The summed E-state index contributed by atoms with van der Waals surface area (Å²) in [6, 6.07) is 16.7. The van der Waals surface area contributed by atoms with Crippen molar-refractivity contribution < 1.29 is 14.5 Å². The third kappa shape index (κ3) is 4.58. The van der Waals surface area contributed by atoms with Crippen molar-refractivity contribution in [2.24, 2.45) is 5.73 Å². The van der Waals surface area contributed by atoms with Gasteiger partial charge in [-0.25, -0.2) is 4.79 Å². The number of nitrogens with zero attached hydrogens (tertiary/aromatic N) is 1. The highest BCUT2D eigenvalue weighted by atomic mass is 16.2.